The van der Waals surface area contributed by atoms with E-state index < -0.39 is 0 Å². The van der Waals surface area contributed by atoms with Crippen molar-refractivity contribution in [3.8, 4) is 0 Å². The molecule has 0 radical (unpaired) electrons. The Morgan fingerprint density at radius 2 is 2.15 bits per heavy atom. The zero-order valence-corrected chi connectivity index (χ0v) is 8.78. The summed E-state index contributed by atoms with van der Waals surface area (Å²) in [7, 11) is 0. The van der Waals surface area contributed by atoms with Crippen LogP contribution in [0, 0.1) is 0 Å². The maximum absolute atomic E-state index is 6.19. The van der Waals surface area contributed by atoms with Crippen LogP contribution >= 0.6 is 11.6 Å². The van der Waals surface area contributed by atoms with Gasteiger partial charge < -0.3 is 5.32 Å². The molecule has 2 heteroatoms. The minimum absolute atomic E-state index is 0.0198. The molecule has 0 unspecified atom stereocenters. The molecule has 0 spiro atoms. The Morgan fingerprint density at radius 1 is 1.38 bits per heavy atom. The van der Waals surface area contributed by atoms with Gasteiger partial charge in [0.15, 0.2) is 0 Å². The predicted molar refractivity (Wildman–Crippen MR) is 56.2 cm³/mol. The number of nitrogens with one attached hydrogen (secondary N) is 1. The van der Waals surface area contributed by atoms with E-state index in [1.165, 1.54) is 11.1 Å². The van der Waals surface area contributed by atoms with E-state index in [0.717, 1.165) is 18.0 Å². The maximum atomic E-state index is 6.19. The van der Waals surface area contributed by atoms with Crippen molar-refractivity contribution in [1.29, 1.82) is 0 Å². The topological polar surface area (TPSA) is 12.0 Å². The van der Waals surface area contributed by atoms with Crippen molar-refractivity contribution >= 4 is 11.6 Å². The van der Waals surface area contributed by atoms with Gasteiger partial charge in [-0.25, -0.2) is 0 Å². The number of hydrogen-bond donors (Lipinski definition) is 1. The standard InChI is InChI=1S/C11H14ClN/c1-11(2)10-8(6-7-13-11)4-3-5-9(10)12/h3-5,13H,6-7H2,1-2H3. The first-order chi connectivity index (χ1) is 6.11. The van der Waals surface area contributed by atoms with E-state index in [1.807, 2.05) is 12.1 Å². The van der Waals surface area contributed by atoms with E-state index in [4.69, 9.17) is 11.6 Å². The summed E-state index contributed by atoms with van der Waals surface area (Å²) >= 11 is 6.19. The Balaban J connectivity index is 2.61. The highest BCUT2D eigenvalue weighted by molar-refractivity contribution is 6.31. The van der Waals surface area contributed by atoms with E-state index in [2.05, 4.69) is 25.2 Å². The van der Waals surface area contributed by atoms with E-state index in [-0.39, 0.29) is 5.54 Å². The molecule has 0 bridgehead atoms. The van der Waals surface area contributed by atoms with E-state index in [0.29, 0.717) is 0 Å². The summed E-state index contributed by atoms with van der Waals surface area (Å²) in [6, 6.07) is 6.17. The molecule has 1 aliphatic rings. The Labute approximate surface area is 84.1 Å². The predicted octanol–water partition coefficient (Wildman–Crippen LogP) is 2.72. The molecule has 0 atom stereocenters. The van der Waals surface area contributed by atoms with Gasteiger partial charge in [-0.05, 0) is 44.0 Å². The molecular formula is C11H14ClN. The van der Waals surface area contributed by atoms with Gasteiger partial charge in [-0.3, -0.25) is 0 Å². The van der Waals surface area contributed by atoms with Crippen molar-refractivity contribution in [3.63, 3.8) is 0 Å². The molecule has 0 aromatic heterocycles. The molecule has 0 fully saturated rings. The normalized spacial score (nSPS) is 19.6. The SMILES string of the molecule is CC1(C)NCCc2cccc(Cl)c21. The number of rotatable bonds is 0. The van der Waals surface area contributed by atoms with Crippen LogP contribution in [0.15, 0.2) is 18.2 Å². The summed E-state index contributed by atoms with van der Waals surface area (Å²) in [5, 5.41) is 4.35. The van der Waals surface area contributed by atoms with Crippen LogP contribution in [0.1, 0.15) is 25.0 Å². The molecule has 1 heterocycles. The minimum atomic E-state index is 0.0198. The van der Waals surface area contributed by atoms with Crippen LogP contribution in [0.2, 0.25) is 5.02 Å². The summed E-state index contributed by atoms with van der Waals surface area (Å²) in [6.45, 7) is 5.40. The monoisotopic (exact) mass is 195 g/mol. The van der Waals surface area contributed by atoms with Crippen molar-refractivity contribution in [3.05, 3.63) is 34.3 Å². The summed E-state index contributed by atoms with van der Waals surface area (Å²) in [6.07, 6.45) is 1.08. The number of benzene rings is 1. The van der Waals surface area contributed by atoms with Crippen LogP contribution in [0.25, 0.3) is 0 Å². The largest absolute Gasteiger partial charge is 0.307 e. The Hall–Kier alpha value is -0.530. The summed E-state index contributed by atoms with van der Waals surface area (Å²) < 4.78 is 0. The van der Waals surface area contributed by atoms with Gasteiger partial charge in [0.1, 0.15) is 0 Å². The molecule has 0 amide bonds. The van der Waals surface area contributed by atoms with Crippen molar-refractivity contribution in [2.24, 2.45) is 0 Å². The first-order valence-corrected chi connectivity index (χ1v) is 5.02. The Bertz CT molecular complexity index is 331. The van der Waals surface area contributed by atoms with Crippen molar-refractivity contribution < 1.29 is 0 Å². The number of fused-ring (bicyclic) bond motifs is 1. The molecule has 1 aliphatic heterocycles. The van der Waals surface area contributed by atoms with Crippen molar-refractivity contribution in [1.82, 2.24) is 5.32 Å². The molecule has 70 valence electrons. The van der Waals surface area contributed by atoms with Gasteiger partial charge in [0.2, 0.25) is 0 Å². The lowest BCUT2D eigenvalue weighted by Gasteiger charge is -2.34. The van der Waals surface area contributed by atoms with Gasteiger partial charge in [-0.15, -0.1) is 0 Å². The molecule has 0 aliphatic carbocycles. The molecule has 1 N–H and O–H groups in total. The zero-order chi connectivity index (χ0) is 9.47. The molecule has 1 aromatic rings. The molecule has 0 saturated carbocycles. The average Bonchev–Trinajstić information content (AvgIpc) is 2.02. The molecule has 0 saturated heterocycles. The van der Waals surface area contributed by atoms with Gasteiger partial charge in [0.05, 0.1) is 0 Å². The van der Waals surface area contributed by atoms with Crippen molar-refractivity contribution in [2.75, 3.05) is 6.54 Å². The average molecular weight is 196 g/mol. The lowest BCUT2D eigenvalue weighted by atomic mass is 9.85. The fourth-order valence-electron chi connectivity index (χ4n) is 2.08. The molecule has 2 rings (SSSR count). The van der Waals surface area contributed by atoms with Gasteiger partial charge in [0.25, 0.3) is 0 Å². The second-order valence-corrected chi connectivity index (χ2v) is 4.48. The highest BCUT2D eigenvalue weighted by atomic mass is 35.5. The zero-order valence-electron chi connectivity index (χ0n) is 8.02. The molecule has 1 aromatic carbocycles. The van der Waals surface area contributed by atoms with Crippen LogP contribution in [0.5, 0.6) is 0 Å². The van der Waals surface area contributed by atoms with Crippen LogP contribution in [0.3, 0.4) is 0 Å². The highest BCUT2D eigenvalue weighted by Crippen LogP contribution is 2.33. The quantitative estimate of drug-likeness (QED) is 0.672. The highest BCUT2D eigenvalue weighted by Gasteiger charge is 2.28. The van der Waals surface area contributed by atoms with Gasteiger partial charge >= 0.3 is 0 Å². The Kier molecular flexibility index (Phi) is 2.09. The van der Waals surface area contributed by atoms with Crippen molar-refractivity contribution in [2.45, 2.75) is 25.8 Å². The summed E-state index contributed by atoms with van der Waals surface area (Å²) in [4.78, 5) is 0. The first kappa shape index (κ1) is 9.04. The third kappa shape index (κ3) is 1.47. The van der Waals surface area contributed by atoms with Crippen LogP contribution in [0.4, 0.5) is 0 Å². The van der Waals surface area contributed by atoms with E-state index in [1.54, 1.807) is 0 Å². The molecular weight excluding hydrogens is 182 g/mol. The smallest absolute Gasteiger partial charge is 0.0459 e. The number of halogens is 1. The second-order valence-electron chi connectivity index (χ2n) is 4.08. The first-order valence-electron chi connectivity index (χ1n) is 4.64. The lowest BCUT2D eigenvalue weighted by Crippen LogP contribution is -2.42. The fourth-order valence-corrected chi connectivity index (χ4v) is 2.51. The third-order valence-electron chi connectivity index (χ3n) is 2.69. The minimum Gasteiger partial charge on any atom is -0.307 e. The maximum Gasteiger partial charge on any atom is 0.0459 e. The van der Waals surface area contributed by atoms with Crippen LogP contribution in [-0.2, 0) is 12.0 Å². The van der Waals surface area contributed by atoms with Crippen LogP contribution in [-0.4, -0.2) is 6.54 Å². The summed E-state index contributed by atoms with van der Waals surface area (Å²) in [5.41, 5.74) is 2.67. The van der Waals surface area contributed by atoms with E-state index in [9.17, 15) is 0 Å². The van der Waals surface area contributed by atoms with Gasteiger partial charge in [0, 0.05) is 10.6 Å². The van der Waals surface area contributed by atoms with E-state index >= 15 is 0 Å². The summed E-state index contributed by atoms with van der Waals surface area (Å²) in [5.74, 6) is 0. The number of hydrogen-bond acceptors (Lipinski definition) is 1. The lowest BCUT2D eigenvalue weighted by molar-refractivity contribution is 0.382. The van der Waals surface area contributed by atoms with Gasteiger partial charge in [-0.1, -0.05) is 23.7 Å². The fraction of sp³-hybridized carbons (Fsp3) is 0.455. The molecule has 13 heavy (non-hydrogen) atoms. The second kappa shape index (κ2) is 3.00. The Morgan fingerprint density at radius 3 is 2.85 bits per heavy atom. The van der Waals surface area contributed by atoms with Gasteiger partial charge in [-0.2, -0.15) is 0 Å². The molecule has 1 nitrogen and oxygen atoms in total. The van der Waals surface area contributed by atoms with Crippen LogP contribution < -0.4 is 5.32 Å². The third-order valence-corrected chi connectivity index (χ3v) is 3.00.